The number of rotatable bonds is 5. The second-order valence-electron chi connectivity index (χ2n) is 4.66. The average molecular weight is 241 g/mol. The van der Waals surface area contributed by atoms with Gasteiger partial charge >= 0.3 is 0 Å². The predicted molar refractivity (Wildman–Crippen MR) is 70.6 cm³/mol. The van der Waals surface area contributed by atoms with Crippen LogP contribution in [-0.4, -0.2) is 24.5 Å². The summed E-state index contributed by atoms with van der Waals surface area (Å²) in [6.07, 6.45) is 0. The molecule has 2 nitrogen and oxygen atoms in total. The first kappa shape index (κ1) is 13.5. The molecular weight excluding hydrogens is 220 g/mol. The highest BCUT2D eigenvalue weighted by atomic mass is 35.5. The van der Waals surface area contributed by atoms with Crippen molar-refractivity contribution in [2.24, 2.45) is 11.7 Å². The van der Waals surface area contributed by atoms with E-state index in [0.717, 1.165) is 18.1 Å². The molecule has 0 aliphatic carbocycles. The van der Waals surface area contributed by atoms with Crippen molar-refractivity contribution < 1.29 is 0 Å². The third-order valence-electron chi connectivity index (χ3n) is 2.84. The summed E-state index contributed by atoms with van der Waals surface area (Å²) in [7, 11) is 2.11. The first-order valence-electron chi connectivity index (χ1n) is 5.67. The van der Waals surface area contributed by atoms with Crippen molar-refractivity contribution in [3.05, 3.63) is 34.9 Å². The molecule has 0 saturated carbocycles. The van der Waals surface area contributed by atoms with Gasteiger partial charge in [-0.3, -0.25) is 0 Å². The number of nitrogens with zero attached hydrogens (tertiary/aromatic N) is 1. The molecule has 0 spiro atoms. The Bertz CT molecular complexity index is 325. The minimum atomic E-state index is 0.238. The van der Waals surface area contributed by atoms with Gasteiger partial charge in [0.2, 0.25) is 0 Å². The zero-order valence-corrected chi connectivity index (χ0v) is 11.0. The SMILES string of the molecule is CC(N)C(C)CN(C)Cc1cccc(Cl)c1. The topological polar surface area (TPSA) is 29.3 Å². The van der Waals surface area contributed by atoms with Crippen molar-refractivity contribution in [2.45, 2.75) is 26.4 Å². The van der Waals surface area contributed by atoms with E-state index in [1.165, 1.54) is 5.56 Å². The summed E-state index contributed by atoms with van der Waals surface area (Å²) in [5.74, 6) is 0.504. The molecule has 16 heavy (non-hydrogen) atoms. The zero-order chi connectivity index (χ0) is 12.1. The Morgan fingerprint density at radius 1 is 1.38 bits per heavy atom. The average Bonchev–Trinajstić information content (AvgIpc) is 2.16. The van der Waals surface area contributed by atoms with Gasteiger partial charge in [0.25, 0.3) is 0 Å². The summed E-state index contributed by atoms with van der Waals surface area (Å²) in [5, 5.41) is 0.797. The van der Waals surface area contributed by atoms with E-state index in [4.69, 9.17) is 17.3 Å². The van der Waals surface area contributed by atoms with Gasteiger partial charge in [-0.25, -0.2) is 0 Å². The quantitative estimate of drug-likeness (QED) is 0.858. The maximum atomic E-state index is 5.95. The third kappa shape index (κ3) is 4.52. The third-order valence-corrected chi connectivity index (χ3v) is 3.07. The maximum Gasteiger partial charge on any atom is 0.0409 e. The molecule has 1 rings (SSSR count). The van der Waals surface area contributed by atoms with Crippen LogP contribution >= 0.6 is 11.6 Å². The standard InChI is InChI=1S/C13H21ClN2/c1-10(11(2)15)8-16(3)9-12-5-4-6-13(14)7-12/h4-7,10-11H,8-9,15H2,1-3H3. The van der Waals surface area contributed by atoms with E-state index in [0.29, 0.717) is 5.92 Å². The Balaban J connectivity index is 2.48. The van der Waals surface area contributed by atoms with E-state index in [1.54, 1.807) is 0 Å². The van der Waals surface area contributed by atoms with Crippen molar-refractivity contribution in [2.75, 3.05) is 13.6 Å². The predicted octanol–water partition coefficient (Wildman–Crippen LogP) is 2.76. The smallest absolute Gasteiger partial charge is 0.0409 e. The lowest BCUT2D eigenvalue weighted by atomic mass is 10.0. The molecule has 0 fully saturated rings. The summed E-state index contributed by atoms with van der Waals surface area (Å²) in [6.45, 7) is 6.15. The zero-order valence-electron chi connectivity index (χ0n) is 10.3. The van der Waals surface area contributed by atoms with Crippen LogP contribution in [0.5, 0.6) is 0 Å². The molecular formula is C13H21ClN2. The van der Waals surface area contributed by atoms with Crippen molar-refractivity contribution in [3.8, 4) is 0 Å². The molecule has 2 unspecified atom stereocenters. The minimum Gasteiger partial charge on any atom is -0.328 e. The first-order chi connectivity index (χ1) is 7.49. The van der Waals surface area contributed by atoms with Crippen LogP contribution in [0, 0.1) is 5.92 Å². The fourth-order valence-electron chi connectivity index (χ4n) is 1.67. The molecule has 0 saturated heterocycles. The van der Waals surface area contributed by atoms with Gasteiger partial charge in [0.05, 0.1) is 0 Å². The van der Waals surface area contributed by atoms with Gasteiger partial charge in [0.15, 0.2) is 0 Å². The lowest BCUT2D eigenvalue weighted by Gasteiger charge is -2.23. The summed E-state index contributed by atoms with van der Waals surface area (Å²) >= 11 is 5.95. The summed E-state index contributed by atoms with van der Waals surface area (Å²) in [5.41, 5.74) is 7.10. The van der Waals surface area contributed by atoms with Crippen molar-refractivity contribution >= 4 is 11.6 Å². The van der Waals surface area contributed by atoms with Crippen molar-refractivity contribution in [1.29, 1.82) is 0 Å². The van der Waals surface area contributed by atoms with Gasteiger partial charge < -0.3 is 10.6 Å². The number of hydrogen-bond donors (Lipinski definition) is 1. The van der Waals surface area contributed by atoms with Crippen LogP contribution in [-0.2, 0) is 6.54 Å². The molecule has 2 atom stereocenters. The fraction of sp³-hybridized carbons (Fsp3) is 0.538. The lowest BCUT2D eigenvalue weighted by Crippen LogP contribution is -2.34. The molecule has 2 N–H and O–H groups in total. The lowest BCUT2D eigenvalue weighted by molar-refractivity contribution is 0.262. The van der Waals surface area contributed by atoms with Crippen LogP contribution in [0.15, 0.2) is 24.3 Å². The molecule has 0 aromatic heterocycles. The maximum absolute atomic E-state index is 5.95. The Hall–Kier alpha value is -0.570. The van der Waals surface area contributed by atoms with Crippen LogP contribution in [0.25, 0.3) is 0 Å². The van der Waals surface area contributed by atoms with Gasteiger partial charge in [0.1, 0.15) is 0 Å². The van der Waals surface area contributed by atoms with Gasteiger partial charge in [-0.15, -0.1) is 0 Å². The molecule has 0 aliphatic heterocycles. The second kappa shape index (κ2) is 6.24. The van der Waals surface area contributed by atoms with E-state index in [-0.39, 0.29) is 6.04 Å². The number of halogens is 1. The summed E-state index contributed by atoms with van der Waals surface area (Å²) in [4.78, 5) is 2.28. The monoisotopic (exact) mass is 240 g/mol. The highest BCUT2D eigenvalue weighted by Crippen LogP contribution is 2.13. The van der Waals surface area contributed by atoms with Crippen molar-refractivity contribution in [1.82, 2.24) is 4.90 Å². The highest BCUT2D eigenvalue weighted by molar-refractivity contribution is 6.30. The Morgan fingerprint density at radius 2 is 2.06 bits per heavy atom. The second-order valence-corrected chi connectivity index (χ2v) is 5.10. The molecule has 1 aromatic rings. The summed E-state index contributed by atoms with van der Waals surface area (Å²) in [6, 6.07) is 8.23. The van der Waals surface area contributed by atoms with E-state index in [2.05, 4.69) is 31.9 Å². The van der Waals surface area contributed by atoms with Crippen LogP contribution in [0.2, 0.25) is 5.02 Å². The summed E-state index contributed by atoms with van der Waals surface area (Å²) < 4.78 is 0. The molecule has 0 radical (unpaired) electrons. The highest BCUT2D eigenvalue weighted by Gasteiger charge is 2.10. The van der Waals surface area contributed by atoms with Gasteiger partial charge in [-0.1, -0.05) is 30.7 Å². The number of nitrogens with two attached hydrogens (primary N) is 1. The minimum absolute atomic E-state index is 0.238. The Labute approximate surface area is 103 Å². The van der Waals surface area contributed by atoms with E-state index >= 15 is 0 Å². The van der Waals surface area contributed by atoms with Gasteiger partial charge in [-0.2, -0.15) is 0 Å². The Morgan fingerprint density at radius 3 is 2.62 bits per heavy atom. The first-order valence-corrected chi connectivity index (χ1v) is 6.05. The molecule has 0 amide bonds. The van der Waals surface area contributed by atoms with E-state index in [9.17, 15) is 0 Å². The van der Waals surface area contributed by atoms with E-state index < -0.39 is 0 Å². The van der Waals surface area contributed by atoms with E-state index in [1.807, 2.05) is 18.2 Å². The van der Waals surface area contributed by atoms with Crippen LogP contribution in [0.1, 0.15) is 19.4 Å². The molecule has 0 aliphatic rings. The molecule has 0 bridgehead atoms. The number of benzene rings is 1. The largest absolute Gasteiger partial charge is 0.328 e. The van der Waals surface area contributed by atoms with Crippen LogP contribution in [0.4, 0.5) is 0 Å². The van der Waals surface area contributed by atoms with Crippen LogP contribution < -0.4 is 5.73 Å². The Kier molecular flexibility index (Phi) is 5.26. The fourth-order valence-corrected chi connectivity index (χ4v) is 1.88. The molecule has 3 heteroatoms. The van der Waals surface area contributed by atoms with Crippen LogP contribution in [0.3, 0.4) is 0 Å². The van der Waals surface area contributed by atoms with Gasteiger partial charge in [0, 0.05) is 24.2 Å². The molecule has 1 aromatic carbocycles. The number of hydrogen-bond acceptors (Lipinski definition) is 2. The molecule has 0 heterocycles. The molecule has 90 valence electrons. The van der Waals surface area contributed by atoms with Crippen molar-refractivity contribution in [3.63, 3.8) is 0 Å². The normalized spacial score (nSPS) is 15.1. The van der Waals surface area contributed by atoms with Gasteiger partial charge in [-0.05, 0) is 37.6 Å².